The smallest absolute Gasteiger partial charge is 0.345 e. The molecule has 0 atom stereocenters. The average molecular weight is 279 g/mol. The Balaban J connectivity index is 2.76. The minimum atomic E-state index is -3.87. The van der Waals surface area contributed by atoms with E-state index in [1.54, 1.807) is 0 Å². The van der Waals surface area contributed by atoms with Crippen molar-refractivity contribution in [1.82, 2.24) is 0 Å². The van der Waals surface area contributed by atoms with Gasteiger partial charge in [-0.3, -0.25) is 9.52 Å². The van der Waals surface area contributed by atoms with Gasteiger partial charge in [0.05, 0.1) is 7.11 Å². The van der Waals surface area contributed by atoms with Gasteiger partial charge in [-0.05, 0) is 12.1 Å². The summed E-state index contributed by atoms with van der Waals surface area (Å²) in [6.45, 7) is 0. The first-order valence-corrected chi connectivity index (χ1v) is 6.71. The molecule has 0 spiro atoms. The summed E-state index contributed by atoms with van der Waals surface area (Å²) in [6.07, 6.45) is 0. The van der Waals surface area contributed by atoms with E-state index in [4.69, 9.17) is 5.11 Å². The number of methoxy groups -OCH3 is 1. The number of carbonyl (C=O) groups is 2. The Morgan fingerprint density at radius 2 is 2.12 bits per heavy atom. The first-order chi connectivity index (χ1) is 7.84. The minimum absolute atomic E-state index is 0.000711. The number of anilines is 1. The van der Waals surface area contributed by atoms with Gasteiger partial charge in [0.2, 0.25) is 10.0 Å². The van der Waals surface area contributed by atoms with Crippen LogP contribution < -0.4 is 4.72 Å². The van der Waals surface area contributed by atoms with E-state index in [1.165, 1.54) is 12.1 Å². The second kappa shape index (κ2) is 5.15. The van der Waals surface area contributed by atoms with Crippen LogP contribution in [-0.2, 0) is 19.6 Å². The number of ether oxygens (including phenoxy) is 1. The Bertz CT molecular complexity index is 532. The van der Waals surface area contributed by atoms with E-state index in [0.717, 1.165) is 18.4 Å². The van der Waals surface area contributed by atoms with Gasteiger partial charge in [0.25, 0.3) is 0 Å². The topological polar surface area (TPSA) is 110 Å². The third-order valence-electron chi connectivity index (χ3n) is 1.61. The maximum Gasteiger partial charge on any atom is 0.345 e. The van der Waals surface area contributed by atoms with E-state index in [1.807, 2.05) is 0 Å². The number of thiophene rings is 1. The standard InChI is InChI=1S/C8H9NO6S2/c1-15-7(10)4-17(13,14)9-6-3-2-5(16-6)8(11)12/h2-3,9H,4H2,1H3,(H,11,12). The summed E-state index contributed by atoms with van der Waals surface area (Å²) in [5.41, 5.74) is 0. The van der Waals surface area contributed by atoms with Crippen LogP contribution >= 0.6 is 11.3 Å². The molecule has 0 saturated carbocycles. The number of carbonyl (C=O) groups excluding carboxylic acids is 1. The van der Waals surface area contributed by atoms with E-state index >= 15 is 0 Å². The molecule has 0 aliphatic heterocycles. The summed E-state index contributed by atoms with van der Waals surface area (Å²) < 4.78 is 29.1. The maximum absolute atomic E-state index is 11.4. The van der Waals surface area contributed by atoms with Crippen molar-refractivity contribution in [2.45, 2.75) is 0 Å². The molecule has 1 heterocycles. The molecule has 7 nitrogen and oxygen atoms in total. The highest BCUT2D eigenvalue weighted by Gasteiger charge is 2.18. The average Bonchev–Trinajstić information content (AvgIpc) is 2.64. The van der Waals surface area contributed by atoms with Crippen molar-refractivity contribution >= 4 is 38.3 Å². The molecule has 1 aromatic rings. The fraction of sp³-hybridized carbons (Fsp3) is 0.250. The molecule has 17 heavy (non-hydrogen) atoms. The minimum Gasteiger partial charge on any atom is -0.477 e. The number of carboxylic acids is 1. The predicted molar refractivity (Wildman–Crippen MR) is 60.7 cm³/mol. The van der Waals surface area contributed by atoms with E-state index in [9.17, 15) is 18.0 Å². The van der Waals surface area contributed by atoms with Gasteiger partial charge in [0.15, 0.2) is 5.75 Å². The summed E-state index contributed by atoms with van der Waals surface area (Å²) in [5, 5.41) is 8.77. The van der Waals surface area contributed by atoms with Crippen LogP contribution in [0.15, 0.2) is 12.1 Å². The summed E-state index contributed by atoms with van der Waals surface area (Å²) in [5.74, 6) is -2.86. The molecule has 0 saturated heterocycles. The molecular formula is C8H9NO6S2. The lowest BCUT2D eigenvalue weighted by Crippen LogP contribution is -2.23. The van der Waals surface area contributed by atoms with Crippen LogP contribution in [0.5, 0.6) is 0 Å². The Morgan fingerprint density at radius 3 is 2.59 bits per heavy atom. The molecule has 1 rings (SSSR count). The normalized spacial score (nSPS) is 10.9. The Hall–Kier alpha value is -1.61. The second-order valence-electron chi connectivity index (χ2n) is 2.91. The number of esters is 1. The molecule has 0 fully saturated rings. The number of sulfonamides is 1. The van der Waals surface area contributed by atoms with Crippen LogP contribution in [0.25, 0.3) is 0 Å². The SMILES string of the molecule is COC(=O)CS(=O)(=O)Nc1ccc(C(=O)O)s1. The Kier molecular flexibility index (Phi) is 4.07. The largest absolute Gasteiger partial charge is 0.477 e. The first kappa shape index (κ1) is 13.5. The van der Waals surface area contributed by atoms with Gasteiger partial charge in [-0.2, -0.15) is 0 Å². The number of hydrogen-bond donors (Lipinski definition) is 2. The molecule has 94 valence electrons. The lowest BCUT2D eigenvalue weighted by molar-refractivity contribution is -0.137. The van der Waals surface area contributed by atoms with Gasteiger partial charge in [-0.1, -0.05) is 0 Å². The molecular weight excluding hydrogens is 270 g/mol. The number of aromatic carboxylic acids is 1. The zero-order valence-electron chi connectivity index (χ0n) is 8.67. The lowest BCUT2D eigenvalue weighted by Gasteiger charge is -2.03. The van der Waals surface area contributed by atoms with Crippen molar-refractivity contribution in [1.29, 1.82) is 0 Å². The fourth-order valence-corrected chi connectivity index (χ4v) is 2.93. The zero-order chi connectivity index (χ0) is 13.1. The van der Waals surface area contributed by atoms with Gasteiger partial charge in [0.1, 0.15) is 9.88 Å². The fourth-order valence-electron chi connectivity index (χ4n) is 0.911. The van der Waals surface area contributed by atoms with Crippen LogP contribution in [0.3, 0.4) is 0 Å². The van der Waals surface area contributed by atoms with E-state index in [2.05, 4.69) is 9.46 Å². The quantitative estimate of drug-likeness (QED) is 0.753. The van der Waals surface area contributed by atoms with Gasteiger partial charge < -0.3 is 9.84 Å². The predicted octanol–water partition coefficient (Wildman–Crippen LogP) is 0.361. The number of rotatable bonds is 5. The van der Waals surface area contributed by atoms with Gasteiger partial charge in [-0.25, -0.2) is 13.2 Å². The molecule has 2 N–H and O–H groups in total. The molecule has 0 aliphatic rings. The van der Waals surface area contributed by atoms with E-state index < -0.39 is 27.7 Å². The molecule has 9 heteroatoms. The second-order valence-corrected chi connectivity index (χ2v) is 5.71. The molecule has 0 unspecified atom stereocenters. The van der Waals surface area contributed by atoms with Gasteiger partial charge >= 0.3 is 11.9 Å². The molecule has 1 aromatic heterocycles. The van der Waals surface area contributed by atoms with Gasteiger partial charge in [0, 0.05) is 0 Å². The Labute approximate surface area is 101 Å². The molecule has 0 bridgehead atoms. The van der Waals surface area contributed by atoms with Crippen LogP contribution in [0, 0.1) is 0 Å². The lowest BCUT2D eigenvalue weighted by atomic mass is 10.5. The summed E-state index contributed by atoms with van der Waals surface area (Å²) in [6, 6.07) is 2.58. The van der Waals surface area contributed by atoms with Crippen molar-refractivity contribution < 1.29 is 27.9 Å². The monoisotopic (exact) mass is 279 g/mol. The molecule has 0 aliphatic carbocycles. The van der Waals surface area contributed by atoms with Crippen molar-refractivity contribution in [2.24, 2.45) is 0 Å². The van der Waals surface area contributed by atoms with Gasteiger partial charge in [-0.15, -0.1) is 11.3 Å². The molecule has 0 aromatic carbocycles. The highest BCUT2D eigenvalue weighted by Crippen LogP contribution is 2.22. The highest BCUT2D eigenvalue weighted by molar-refractivity contribution is 7.93. The maximum atomic E-state index is 11.4. The van der Waals surface area contributed by atoms with E-state index in [-0.39, 0.29) is 9.88 Å². The van der Waals surface area contributed by atoms with E-state index in [0.29, 0.717) is 0 Å². The van der Waals surface area contributed by atoms with Crippen LogP contribution in [0.4, 0.5) is 5.00 Å². The summed E-state index contributed by atoms with van der Waals surface area (Å²) in [4.78, 5) is 21.4. The molecule has 0 amide bonds. The molecule has 0 radical (unpaired) electrons. The zero-order valence-corrected chi connectivity index (χ0v) is 10.3. The van der Waals surface area contributed by atoms with Crippen molar-refractivity contribution in [3.05, 3.63) is 17.0 Å². The Morgan fingerprint density at radius 1 is 1.47 bits per heavy atom. The summed E-state index contributed by atoms with van der Waals surface area (Å²) in [7, 11) is -2.79. The summed E-state index contributed by atoms with van der Waals surface area (Å²) >= 11 is 0.761. The first-order valence-electron chi connectivity index (χ1n) is 4.24. The number of nitrogens with one attached hydrogen (secondary N) is 1. The third-order valence-corrected chi connectivity index (χ3v) is 3.87. The van der Waals surface area contributed by atoms with Crippen LogP contribution in [0.2, 0.25) is 0 Å². The van der Waals surface area contributed by atoms with Crippen molar-refractivity contribution in [2.75, 3.05) is 17.6 Å². The van der Waals surface area contributed by atoms with Crippen molar-refractivity contribution in [3.8, 4) is 0 Å². The van der Waals surface area contributed by atoms with Crippen LogP contribution in [0.1, 0.15) is 9.67 Å². The number of hydrogen-bond acceptors (Lipinski definition) is 6. The number of carboxylic acid groups (broad SMARTS) is 1. The highest BCUT2D eigenvalue weighted by atomic mass is 32.2. The van der Waals surface area contributed by atoms with Crippen LogP contribution in [-0.4, -0.2) is 38.3 Å². The third kappa shape index (κ3) is 4.04. The van der Waals surface area contributed by atoms with Crippen molar-refractivity contribution in [3.63, 3.8) is 0 Å².